The van der Waals surface area contributed by atoms with Crippen LogP contribution in [0.4, 0.5) is 0 Å². The first-order valence-electron chi connectivity index (χ1n) is 4.15. The Morgan fingerprint density at radius 1 is 1.42 bits per heavy atom. The summed E-state index contributed by atoms with van der Waals surface area (Å²) in [4.78, 5) is 0. The second-order valence-electron chi connectivity index (χ2n) is 3.18. The van der Waals surface area contributed by atoms with Crippen molar-refractivity contribution in [2.75, 3.05) is 14.2 Å². The SMILES string of the molecule is COC(C)(CC1=CC=CC1)OC. The summed E-state index contributed by atoms with van der Waals surface area (Å²) < 4.78 is 10.5. The molecule has 0 aromatic rings. The van der Waals surface area contributed by atoms with Gasteiger partial charge in [0.25, 0.3) is 0 Å². The average molecular weight is 168 g/mol. The van der Waals surface area contributed by atoms with E-state index in [1.165, 1.54) is 5.57 Å². The van der Waals surface area contributed by atoms with Gasteiger partial charge in [-0.2, -0.15) is 0 Å². The Morgan fingerprint density at radius 3 is 2.50 bits per heavy atom. The molecule has 0 bridgehead atoms. The van der Waals surface area contributed by atoms with Crippen molar-refractivity contribution in [3.63, 3.8) is 0 Å². The summed E-state index contributed by atoms with van der Waals surface area (Å²) in [6.07, 6.45) is 8.20. The van der Waals surface area contributed by atoms with Gasteiger partial charge in [0.05, 0.1) is 0 Å². The summed E-state index contributed by atoms with van der Waals surface area (Å²) in [5, 5.41) is 0. The van der Waals surface area contributed by atoms with Crippen LogP contribution in [0.25, 0.3) is 0 Å². The average Bonchev–Trinajstić information content (AvgIpc) is 2.57. The molecule has 1 aliphatic carbocycles. The molecule has 1 aliphatic rings. The monoisotopic (exact) mass is 168 g/mol. The fourth-order valence-electron chi connectivity index (χ4n) is 1.26. The van der Waals surface area contributed by atoms with Crippen LogP contribution in [0.2, 0.25) is 0 Å². The summed E-state index contributed by atoms with van der Waals surface area (Å²) in [5.74, 6) is -0.460. The first kappa shape index (κ1) is 9.49. The third kappa shape index (κ3) is 2.19. The maximum atomic E-state index is 5.26. The van der Waals surface area contributed by atoms with Crippen molar-refractivity contribution in [2.45, 2.75) is 25.6 Å². The van der Waals surface area contributed by atoms with E-state index in [9.17, 15) is 0 Å². The highest BCUT2D eigenvalue weighted by Crippen LogP contribution is 2.25. The minimum atomic E-state index is -0.460. The third-order valence-corrected chi connectivity index (χ3v) is 2.26. The Bertz CT molecular complexity index is 200. The van der Waals surface area contributed by atoms with E-state index in [1.807, 2.05) is 6.92 Å². The molecule has 0 aromatic heterocycles. The van der Waals surface area contributed by atoms with E-state index < -0.39 is 5.79 Å². The zero-order valence-electron chi connectivity index (χ0n) is 7.96. The van der Waals surface area contributed by atoms with Crippen LogP contribution in [-0.2, 0) is 9.47 Å². The van der Waals surface area contributed by atoms with E-state index in [1.54, 1.807) is 14.2 Å². The summed E-state index contributed by atoms with van der Waals surface area (Å²) >= 11 is 0. The lowest BCUT2D eigenvalue weighted by Crippen LogP contribution is -2.29. The van der Waals surface area contributed by atoms with Crippen LogP contribution in [0.5, 0.6) is 0 Å². The molecule has 0 radical (unpaired) electrons. The first-order valence-corrected chi connectivity index (χ1v) is 4.15. The van der Waals surface area contributed by atoms with E-state index >= 15 is 0 Å². The minimum absolute atomic E-state index is 0.460. The van der Waals surface area contributed by atoms with Crippen molar-refractivity contribution in [3.8, 4) is 0 Å². The molecule has 0 saturated heterocycles. The van der Waals surface area contributed by atoms with Crippen molar-refractivity contribution in [1.82, 2.24) is 0 Å². The molecule has 0 unspecified atom stereocenters. The van der Waals surface area contributed by atoms with Gasteiger partial charge in [-0.05, 0) is 13.3 Å². The summed E-state index contributed by atoms with van der Waals surface area (Å²) in [5.41, 5.74) is 1.36. The van der Waals surface area contributed by atoms with Crippen LogP contribution in [0.3, 0.4) is 0 Å². The van der Waals surface area contributed by atoms with Crippen LogP contribution in [0, 0.1) is 0 Å². The van der Waals surface area contributed by atoms with Crippen LogP contribution < -0.4 is 0 Å². The highest BCUT2D eigenvalue weighted by Gasteiger charge is 2.24. The van der Waals surface area contributed by atoms with Gasteiger partial charge in [0, 0.05) is 20.6 Å². The summed E-state index contributed by atoms with van der Waals surface area (Å²) in [7, 11) is 3.35. The van der Waals surface area contributed by atoms with Crippen molar-refractivity contribution < 1.29 is 9.47 Å². The maximum absolute atomic E-state index is 5.26. The van der Waals surface area contributed by atoms with Gasteiger partial charge in [-0.3, -0.25) is 0 Å². The van der Waals surface area contributed by atoms with Gasteiger partial charge in [-0.1, -0.05) is 23.8 Å². The lowest BCUT2D eigenvalue weighted by molar-refractivity contribution is -0.191. The van der Waals surface area contributed by atoms with E-state index in [0.717, 1.165) is 12.8 Å². The highest BCUT2D eigenvalue weighted by atomic mass is 16.7. The minimum Gasteiger partial charge on any atom is -0.353 e. The number of hydrogen-bond donors (Lipinski definition) is 0. The Hall–Kier alpha value is -0.600. The fourth-order valence-corrected chi connectivity index (χ4v) is 1.26. The standard InChI is InChI=1S/C10H16O2/c1-10(11-2,12-3)8-9-6-4-5-7-9/h4-6H,7-8H2,1-3H3. The van der Waals surface area contributed by atoms with Gasteiger partial charge in [-0.15, -0.1) is 0 Å². The quantitative estimate of drug-likeness (QED) is 0.599. The molecule has 0 spiro atoms. The largest absolute Gasteiger partial charge is 0.353 e. The highest BCUT2D eigenvalue weighted by molar-refractivity contribution is 5.23. The van der Waals surface area contributed by atoms with Crippen molar-refractivity contribution in [1.29, 1.82) is 0 Å². The normalized spacial score (nSPS) is 16.8. The molecule has 0 saturated carbocycles. The van der Waals surface area contributed by atoms with Crippen molar-refractivity contribution in [3.05, 3.63) is 23.8 Å². The predicted octanol–water partition coefficient (Wildman–Crippen LogP) is 2.27. The number of methoxy groups -OCH3 is 2. The number of ether oxygens (including phenoxy) is 2. The summed E-state index contributed by atoms with van der Waals surface area (Å²) in [6, 6.07) is 0. The second-order valence-corrected chi connectivity index (χ2v) is 3.18. The smallest absolute Gasteiger partial charge is 0.168 e. The van der Waals surface area contributed by atoms with Crippen LogP contribution in [-0.4, -0.2) is 20.0 Å². The van der Waals surface area contributed by atoms with E-state index in [4.69, 9.17) is 9.47 Å². The van der Waals surface area contributed by atoms with Crippen LogP contribution >= 0.6 is 0 Å². The van der Waals surface area contributed by atoms with Crippen molar-refractivity contribution >= 4 is 0 Å². The first-order chi connectivity index (χ1) is 5.70. The number of allylic oxidation sites excluding steroid dienone is 3. The van der Waals surface area contributed by atoms with E-state index in [0.29, 0.717) is 0 Å². The lowest BCUT2D eigenvalue weighted by Gasteiger charge is -2.26. The molecular weight excluding hydrogens is 152 g/mol. The maximum Gasteiger partial charge on any atom is 0.168 e. The second kappa shape index (κ2) is 3.87. The van der Waals surface area contributed by atoms with Crippen LogP contribution in [0.1, 0.15) is 19.8 Å². The molecule has 0 amide bonds. The molecular formula is C10H16O2. The van der Waals surface area contributed by atoms with Crippen LogP contribution in [0.15, 0.2) is 23.8 Å². The molecule has 2 heteroatoms. The van der Waals surface area contributed by atoms with Gasteiger partial charge in [0.2, 0.25) is 0 Å². The molecule has 0 heterocycles. The zero-order valence-corrected chi connectivity index (χ0v) is 7.96. The van der Waals surface area contributed by atoms with E-state index in [2.05, 4.69) is 18.2 Å². The molecule has 1 rings (SSSR count). The lowest BCUT2D eigenvalue weighted by atomic mass is 10.1. The Morgan fingerprint density at radius 2 is 2.08 bits per heavy atom. The van der Waals surface area contributed by atoms with Gasteiger partial charge in [0.15, 0.2) is 5.79 Å². The van der Waals surface area contributed by atoms with Crippen molar-refractivity contribution in [2.24, 2.45) is 0 Å². The Balaban J connectivity index is 2.48. The Kier molecular flexibility index (Phi) is 3.06. The molecule has 0 aromatic carbocycles. The van der Waals surface area contributed by atoms with Gasteiger partial charge < -0.3 is 9.47 Å². The molecule has 12 heavy (non-hydrogen) atoms. The summed E-state index contributed by atoms with van der Waals surface area (Å²) in [6.45, 7) is 1.95. The Labute approximate surface area is 73.9 Å². The molecule has 68 valence electrons. The molecule has 0 fully saturated rings. The molecule has 0 N–H and O–H groups in total. The topological polar surface area (TPSA) is 18.5 Å². The molecule has 2 nitrogen and oxygen atoms in total. The van der Waals surface area contributed by atoms with Gasteiger partial charge in [-0.25, -0.2) is 0 Å². The molecule has 0 aliphatic heterocycles. The molecule has 0 atom stereocenters. The van der Waals surface area contributed by atoms with E-state index in [-0.39, 0.29) is 0 Å². The number of rotatable bonds is 4. The third-order valence-electron chi connectivity index (χ3n) is 2.26. The number of hydrogen-bond acceptors (Lipinski definition) is 2. The fraction of sp³-hybridized carbons (Fsp3) is 0.600. The zero-order chi connectivity index (χ0) is 9.03. The predicted molar refractivity (Wildman–Crippen MR) is 48.9 cm³/mol. The van der Waals surface area contributed by atoms with Gasteiger partial charge >= 0.3 is 0 Å². The van der Waals surface area contributed by atoms with Gasteiger partial charge in [0.1, 0.15) is 0 Å².